The van der Waals surface area contributed by atoms with Crippen LogP contribution in [0, 0.1) is 11.5 Å². The van der Waals surface area contributed by atoms with Crippen LogP contribution in [0.2, 0.25) is 0 Å². The molecule has 0 heterocycles. The molecular formula is C23H31O. The van der Waals surface area contributed by atoms with Crippen LogP contribution in [0.15, 0.2) is 42.5 Å². The first kappa shape index (κ1) is 18.6. The second-order valence-electron chi connectivity index (χ2n) is 9.24. The van der Waals surface area contributed by atoms with Crippen LogP contribution in [0.1, 0.15) is 71.6 Å². The molecule has 2 rings (SSSR count). The van der Waals surface area contributed by atoms with E-state index in [4.69, 9.17) is 0 Å². The number of phenolic OH excluding ortho intramolecular Hbond substituents is 1. The number of phenols is 1. The Morgan fingerprint density at radius 2 is 1.38 bits per heavy atom. The maximum Gasteiger partial charge on any atom is 0.123 e. The molecule has 0 fully saturated rings. The summed E-state index contributed by atoms with van der Waals surface area (Å²) in [5.41, 5.74) is 2.93. The summed E-state index contributed by atoms with van der Waals surface area (Å²) in [6, 6.07) is 17.5. The van der Waals surface area contributed by atoms with Crippen LogP contribution < -0.4 is 0 Å². The van der Waals surface area contributed by atoms with Gasteiger partial charge in [0.15, 0.2) is 0 Å². The van der Waals surface area contributed by atoms with E-state index in [-0.39, 0.29) is 16.2 Å². The summed E-state index contributed by atoms with van der Waals surface area (Å²) in [6.07, 6.45) is 0.997. The molecule has 0 aromatic heterocycles. The average Bonchev–Trinajstić information content (AvgIpc) is 2.45. The Kier molecular flexibility index (Phi) is 4.86. The van der Waals surface area contributed by atoms with Gasteiger partial charge in [-0.3, -0.25) is 0 Å². The van der Waals surface area contributed by atoms with Crippen molar-refractivity contribution >= 4 is 0 Å². The van der Waals surface area contributed by atoms with Crippen molar-refractivity contribution in [3.8, 4) is 5.75 Å². The SMILES string of the molecule is CC(C)(C)CC(C)(C)c1c[c]cc(C(C)(C)c2ccccc2)c1O. The lowest BCUT2D eigenvalue weighted by molar-refractivity contribution is 0.277. The fraction of sp³-hybridized carbons (Fsp3) is 0.478. The van der Waals surface area contributed by atoms with Gasteiger partial charge in [0.2, 0.25) is 0 Å². The number of aromatic hydroxyl groups is 1. The molecular weight excluding hydrogens is 292 g/mol. The van der Waals surface area contributed by atoms with Gasteiger partial charge < -0.3 is 5.11 Å². The molecule has 0 atom stereocenters. The Morgan fingerprint density at radius 1 is 0.833 bits per heavy atom. The second kappa shape index (κ2) is 6.27. The molecule has 2 aromatic rings. The monoisotopic (exact) mass is 323 g/mol. The van der Waals surface area contributed by atoms with E-state index in [0.717, 1.165) is 17.5 Å². The van der Waals surface area contributed by atoms with Crippen LogP contribution in [-0.2, 0) is 10.8 Å². The van der Waals surface area contributed by atoms with Gasteiger partial charge in [0.1, 0.15) is 5.75 Å². The second-order valence-corrected chi connectivity index (χ2v) is 9.24. The minimum atomic E-state index is -0.268. The molecule has 0 bridgehead atoms. The third-order valence-electron chi connectivity index (χ3n) is 4.84. The van der Waals surface area contributed by atoms with Gasteiger partial charge >= 0.3 is 0 Å². The zero-order valence-electron chi connectivity index (χ0n) is 16.2. The van der Waals surface area contributed by atoms with Gasteiger partial charge in [0.25, 0.3) is 0 Å². The Morgan fingerprint density at radius 3 is 1.92 bits per heavy atom. The highest BCUT2D eigenvalue weighted by atomic mass is 16.3. The first-order valence-corrected chi connectivity index (χ1v) is 8.75. The maximum atomic E-state index is 11.1. The van der Waals surface area contributed by atoms with Crippen LogP contribution >= 0.6 is 0 Å². The number of benzene rings is 2. The predicted octanol–water partition coefficient (Wildman–Crippen LogP) is 6.23. The van der Waals surface area contributed by atoms with Crippen molar-refractivity contribution in [3.63, 3.8) is 0 Å². The Hall–Kier alpha value is -1.76. The molecule has 0 amide bonds. The molecule has 0 saturated carbocycles. The number of rotatable bonds is 4. The van der Waals surface area contributed by atoms with Crippen molar-refractivity contribution in [3.05, 3.63) is 65.2 Å². The highest BCUT2D eigenvalue weighted by Crippen LogP contribution is 2.45. The molecule has 129 valence electrons. The predicted molar refractivity (Wildman–Crippen MR) is 103 cm³/mol. The quantitative estimate of drug-likeness (QED) is 0.707. The van der Waals surface area contributed by atoms with Gasteiger partial charge in [-0.2, -0.15) is 0 Å². The molecule has 0 aliphatic carbocycles. The third kappa shape index (κ3) is 3.83. The maximum absolute atomic E-state index is 11.1. The van der Waals surface area contributed by atoms with E-state index in [0.29, 0.717) is 5.75 Å². The van der Waals surface area contributed by atoms with Crippen molar-refractivity contribution < 1.29 is 5.11 Å². The Balaban J connectivity index is 2.52. The zero-order valence-corrected chi connectivity index (χ0v) is 16.2. The molecule has 0 aliphatic heterocycles. The standard InChI is InChI=1S/C23H31O/c1-21(2,3)16-22(4,5)18-14-11-15-19(20(18)24)23(6,7)17-12-9-8-10-13-17/h8-10,12-15,24H,16H2,1-7H3. The van der Waals surface area contributed by atoms with Crippen LogP contribution in [0.4, 0.5) is 0 Å². The first-order valence-electron chi connectivity index (χ1n) is 8.75. The molecule has 1 heteroatoms. The summed E-state index contributed by atoms with van der Waals surface area (Å²) in [4.78, 5) is 0. The van der Waals surface area contributed by atoms with Crippen molar-refractivity contribution in [1.29, 1.82) is 0 Å². The molecule has 1 radical (unpaired) electrons. The lowest BCUT2D eigenvalue weighted by Gasteiger charge is -2.35. The average molecular weight is 324 g/mol. The van der Waals surface area contributed by atoms with Crippen molar-refractivity contribution in [2.75, 3.05) is 0 Å². The smallest absolute Gasteiger partial charge is 0.123 e. The van der Waals surface area contributed by atoms with Gasteiger partial charge in [-0.25, -0.2) is 0 Å². The highest BCUT2D eigenvalue weighted by molar-refractivity contribution is 5.51. The fourth-order valence-electron chi connectivity index (χ4n) is 3.91. The van der Waals surface area contributed by atoms with Crippen molar-refractivity contribution in [2.24, 2.45) is 5.41 Å². The van der Waals surface area contributed by atoms with E-state index in [1.54, 1.807) is 0 Å². The molecule has 0 spiro atoms. The van der Waals surface area contributed by atoms with Gasteiger partial charge in [0, 0.05) is 16.5 Å². The van der Waals surface area contributed by atoms with Gasteiger partial charge in [0.05, 0.1) is 0 Å². The summed E-state index contributed by atoms with van der Waals surface area (Å²) < 4.78 is 0. The molecule has 1 N–H and O–H groups in total. The molecule has 2 aromatic carbocycles. The summed E-state index contributed by atoms with van der Waals surface area (Å²) in [5, 5.41) is 11.1. The minimum Gasteiger partial charge on any atom is -0.507 e. The van der Waals surface area contributed by atoms with E-state index in [1.165, 1.54) is 5.56 Å². The lowest BCUT2D eigenvalue weighted by atomic mass is 9.70. The number of hydrogen-bond acceptors (Lipinski definition) is 1. The van der Waals surface area contributed by atoms with Gasteiger partial charge in [-0.05, 0) is 41.0 Å². The molecule has 24 heavy (non-hydrogen) atoms. The topological polar surface area (TPSA) is 20.2 Å². The Labute approximate surface area is 147 Å². The largest absolute Gasteiger partial charge is 0.507 e. The number of hydrogen-bond donors (Lipinski definition) is 1. The van der Waals surface area contributed by atoms with Crippen LogP contribution in [0.5, 0.6) is 5.75 Å². The van der Waals surface area contributed by atoms with E-state index in [1.807, 2.05) is 30.3 Å². The first-order chi connectivity index (χ1) is 11.0. The van der Waals surface area contributed by atoms with E-state index < -0.39 is 0 Å². The van der Waals surface area contributed by atoms with Crippen LogP contribution in [0.25, 0.3) is 0 Å². The van der Waals surface area contributed by atoms with E-state index in [2.05, 4.69) is 66.7 Å². The third-order valence-corrected chi connectivity index (χ3v) is 4.84. The van der Waals surface area contributed by atoms with E-state index in [9.17, 15) is 5.11 Å². The summed E-state index contributed by atoms with van der Waals surface area (Å²) in [6.45, 7) is 15.5. The summed E-state index contributed by atoms with van der Waals surface area (Å²) >= 11 is 0. The minimum absolute atomic E-state index is 0.110. The van der Waals surface area contributed by atoms with Gasteiger partial charge in [-0.15, -0.1) is 0 Å². The zero-order chi connectivity index (χ0) is 18.2. The highest BCUT2D eigenvalue weighted by Gasteiger charge is 2.33. The lowest BCUT2D eigenvalue weighted by Crippen LogP contribution is -2.26. The fourth-order valence-corrected chi connectivity index (χ4v) is 3.91. The molecule has 1 nitrogen and oxygen atoms in total. The molecule has 0 saturated heterocycles. The Bertz CT molecular complexity index is 688. The summed E-state index contributed by atoms with van der Waals surface area (Å²) in [5.74, 6) is 0.414. The molecule has 0 aliphatic rings. The normalized spacial score (nSPS) is 13.1. The van der Waals surface area contributed by atoms with Crippen LogP contribution in [-0.4, -0.2) is 5.11 Å². The molecule has 0 unspecified atom stereocenters. The van der Waals surface area contributed by atoms with Gasteiger partial charge in [-0.1, -0.05) is 78.8 Å². The van der Waals surface area contributed by atoms with Crippen LogP contribution in [0.3, 0.4) is 0 Å². The summed E-state index contributed by atoms with van der Waals surface area (Å²) in [7, 11) is 0. The van der Waals surface area contributed by atoms with Crippen molar-refractivity contribution in [2.45, 2.75) is 65.7 Å². The van der Waals surface area contributed by atoms with E-state index >= 15 is 0 Å². The van der Waals surface area contributed by atoms with Crippen molar-refractivity contribution in [1.82, 2.24) is 0 Å².